The zero-order valence-corrected chi connectivity index (χ0v) is 21.6. The van der Waals surface area contributed by atoms with Crippen LogP contribution in [0.3, 0.4) is 0 Å². The molecular formula is C24H32N2OS4. The smallest absolute Gasteiger partial charge is 0.266 e. The zero-order chi connectivity index (χ0) is 21.9. The lowest BCUT2D eigenvalue weighted by Crippen LogP contribution is -2.23. The van der Waals surface area contributed by atoms with Gasteiger partial charge in [0.2, 0.25) is 0 Å². The van der Waals surface area contributed by atoms with Crippen molar-refractivity contribution < 1.29 is 4.79 Å². The first-order valence-electron chi connectivity index (χ1n) is 11.5. The first-order valence-corrected chi connectivity index (χ1v) is 14.3. The Balaban J connectivity index is 1.37. The number of unbranched alkanes of at least 4 members (excludes halogenated alkanes) is 11. The fourth-order valence-electron chi connectivity index (χ4n) is 3.58. The number of carbonyl (C=O) groups excluding carboxylic acids is 1. The molecule has 3 rings (SSSR count). The molecule has 31 heavy (non-hydrogen) atoms. The Morgan fingerprint density at radius 3 is 2.03 bits per heavy atom. The normalized spacial score (nSPS) is 15.5. The van der Waals surface area contributed by atoms with E-state index in [4.69, 9.17) is 12.2 Å². The molecule has 1 fully saturated rings. The van der Waals surface area contributed by atoms with Crippen molar-refractivity contribution in [3.05, 3.63) is 39.2 Å². The number of hydrogen-bond acceptors (Lipinski definition) is 6. The molecule has 0 saturated carbocycles. The molecule has 0 unspecified atom stereocenters. The number of hydrogen-bond donors (Lipinski definition) is 0. The highest BCUT2D eigenvalue weighted by atomic mass is 32.2. The molecule has 168 valence electrons. The minimum atomic E-state index is -0.0808. The van der Waals surface area contributed by atoms with E-state index in [2.05, 4.69) is 30.2 Å². The van der Waals surface area contributed by atoms with Crippen LogP contribution in [0, 0.1) is 0 Å². The third-order valence-corrected chi connectivity index (χ3v) is 8.96. The predicted molar refractivity (Wildman–Crippen MR) is 141 cm³/mol. The summed E-state index contributed by atoms with van der Waals surface area (Å²) >= 11 is 9.98. The average molecular weight is 493 g/mol. The van der Waals surface area contributed by atoms with Crippen LogP contribution in [0.4, 0.5) is 0 Å². The summed E-state index contributed by atoms with van der Waals surface area (Å²) < 4.78 is 3.75. The Morgan fingerprint density at radius 1 is 0.903 bits per heavy atom. The van der Waals surface area contributed by atoms with Gasteiger partial charge in [-0.3, -0.25) is 4.79 Å². The highest BCUT2D eigenvalue weighted by Crippen LogP contribution is 2.32. The Labute approximate surface area is 203 Å². The minimum absolute atomic E-state index is 0.0808. The SMILES string of the molecule is CCCCCCCCCCCCCC=C1SC(=S)N(N=c2sc3ccccc3s2)C1=O. The molecule has 0 atom stereocenters. The summed E-state index contributed by atoms with van der Waals surface area (Å²) in [6.07, 6.45) is 17.7. The summed E-state index contributed by atoms with van der Waals surface area (Å²) in [5.41, 5.74) is 0. The molecule has 0 bridgehead atoms. The number of amides is 1. The molecule has 0 N–H and O–H groups in total. The van der Waals surface area contributed by atoms with Gasteiger partial charge in [0.25, 0.3) is 5.91 Å². The summed E-state index contributed by atoms with van der Waals surface area (Å²) in [6.45, 7) is 2.27. The Bertz CT molecular complexity index is 924. The van der Waals surface area contributed by atoms with E-state index in [1.165, 1.54) is 90.4 Å². The van der Waals surface area contributed by atoms with Crippen LogP contribution in [0.5, 0.6) is 0 Å². The van der Waals surface area contributed by atoms with Crippen LogP contribution in [-0.2, 0) is 4.79 Å². The van der Waals surface area contributed by atoms with E-state index in [1.54, 1.807) is 22.7 Å². The van der Waals surface area contributed by atoms with Crippen molar-refractivity contribution in [3.8, 4) is 0 Å². The van der Waals surface area contributed by atoms with Crippen molar-refractivity contribution in [1.29, 1.82) is 0 Å². The molecule has 1 aliphatic rings. The van der Waals surface area contributed by atoms with Gasteiger partial charge in [-0.2, -0.15) is 5.01 Å². The minimum Gasteiger partial charge on any atom is -0.266 e. The first-order chi connectivity index (χ1) is 15.2. The van der Waals surface area contributed by atoms with Gasteiger partial charge in [-0.1, -0.05) is 101 Å². The topological polar surface area (TPSA) is 32.7 Å². The number of carbonyl (C=O) groups is 1. The summed E-state index contributed by atoms with van der Waals surface area (Å²) in [6, 6.07) is 8.19. The van der Waals surface area contributed by atoms with E-state index < -0.39 is 0 Å². The summed E-state index contributed by atoms with van der Waals surface area (Å²) in [5.74, 6) is -0.0808. The van der Waals surface area contributed by atoms with E-state index >= 15 is 0 Å². The Kier molecular flexibility index (Phi) is 10.7. The van der Waals surface area contributed by atoms with E-state index in [0.717, 1.165) is 21.7 Å². The molecule has 0 spiro atoms. The van der Waals surface area contributed by atoms with Crippen molar-refractivity contribution >= 4 is 66.3 Å². The fourth-order valence-corrected chi connectivity index (χ4v) is 6.95. The van der Waals surface area contributed by atoms with Crippen LogP contribution in [0.25, 0.3) is 9.40 Å². The monoisotopic (exact) mass is 492 g/mol. The van der Waals surface area contributed by atoms with Crippen LogP contribution in [0.15, 0.2) is 40.3 Å². The van der Waals surface area contributed by atoms with Crippen LogP contribution >= 0.6 is 46.7 Å². The summed E-state index contributed by atoms with van der Waals surface area (Å²) in [5, 5.41) is 5.93. The molecule has 0 radical (unpaired) electrons. The zero-order valence-electron chi connectivity index (χ0n) is 18.3. The van der Waals surface area contributed by atoms with Gasteiger partial charge in [0.15, 0.2) is 8.31 Å². The molecule has 1 saturated heterocycles. The number of nitrogens with zero attached hydrogens (tertiary/aromatic N) is 2. The van der Waals surface area contributed by atoms with Crippen molar-refractivity contribution in [2.45, 2.75) is 84.0 Å². The number of benzene rings is 1. The van der Waals surface area contributed by atoms with Gasteiger partial charge in [0, 0.05) is 9.40 Å². The van der Waals surface area contributed by atoms with Gasteiger partial charge in [0.1, 0.15) is 0 Å². The maximum absolute atomic E-state index is 12.7. The Morgan fingerprint density at radius 2 is 1.45 bits per heavy atom. The third kappa shape index (κ3) is 7.81. The quantitative estimate of drug-likeness (QED) is 0.160. The number of thiocarbonyl (C=S) groups is 1. The van der Waals surface area contributed by atoms with E-state index in [-0.39, 0.29) is 5.91 Å². The summed E-state index contributed by atoms with van der Waals surface area (Å²) in [4.78, 5) is 13.5. The predicted octanol–water partition coefficient (Wildman–Crippen LogP) is 8.22. The standard InChI is InChI=1S/C24H32N2OS4/c1-2-3-4-5-6-7-8-9-10-11-12-13-18-21-22(27)26(24(28)31-21)25-23-29-19-16-14-15-17-20(19)30-23/h14-18H,2-13H2,1H3. The molecule has 1 aromatic heterocycles. The van der Waals surface area contributed by atoms with Crippen LogP contribution in [0.2, 0.25) is 0 Å². The van der Waals surface area contributed by atoms with Gasteiger partial charge < -0.3 is 0 Å². The van der Waals surface area contributed by atoms with Gasteiger partial charge in [-0.15, -0.1) is 27.8 Å². The Hall–Kier alpha value is -1.02. The van der Waals surface area contributed by atoms with Crippen molar-refractivity contribution in [2.24, 2.45) is 5.10 Å². The van der Waals surface area contributed by atoms with E-state index in [1.807, 2.05) is 12.1 Å². The van der Waals surface area contributed by atoms with Crippen molar-refractivity contribution in [2.75, 3.05) is 0 Å². The maximum Gasteiger partial charge on any atom is 0.286 e. The molecule has 3 nitrogen and oxygen atoms in total. The molecule has 1 aromatic carbocycles. The van der Waals surface area contributed by atoms with Gasteiger partial charge >= 0.3 is 0 Å². The van der Waals surface area contributed by atoms with Crippen LogP contribution < -0.4 is 3.98 Å². The molecule has 2 heterocycles. The number of rotatable bonds is 13. The number of allylic oxidation sites excluding steroid dienone is 1. The highest BCUT2D eigenvalue weighted by molar-refractivity contribution is 8.26. The van der Waals surface area contributed by atoms with Crippen molar-refractivity contribution in [1.82, 2.24) is 5.01 Å². The lowest BCUT2D eigenvalue weighted by atomic mass is 10.1. The second kappa shape index (κ2) is 13.5. The molecule has 1 amide bonds. The largest absolute Gasteiger partial charge is 0.286 e. The summed E-state index contributed by atoms with van der Waals surface area (Å²) in [7, 11) is 0. The van der Waals surface area contributed by atoms with Crippen LogP contribution in [0.1, 0.15) is 84.0 Å². The van der Waals surface area contributed by atoms with E-state index in [9.17, 15) is 4.79 Å². The molecule has 2 aromatic rings. The van der Waals surface area contributed by atoms with Crippen LogP contribution in [-0.4, -0.2) is 15.2 Å². The lowest BCUT2D eigenvalue weighted by Gasteiger charge is -2.04. The van der Waals surface area contributed by atoms with Gasteiger partial charge in [0.05, 0.1) is 4.91 Å². The average Bonchev–Trinajstić information content (AvgIpc) is 3.30. The first kappa shape index (κ1) is 24.6. The van der Waals surface area contributed by atoms with E-state index in [0.29, 0.717) is 4.32 Å². The number of thioether (sulfide) groups is 1. The van der Waals surface area contributed by atoms with Crippen molar-refractivity contribution in [3.63, 3.8) is 0 Å². The lowest BCUT2D eigenvalue weighted by molar-refractivity contribution is -0.122. The highest BCUT2D eigenvalue weighted by Gasteiger charge is 2.32. The second-order valence-corrected chi connectivity index (χ2v) is 11.9. The molecule has 1 aliphatic heterocycles. The molecule has 0 aliphatic carbocycles. The van der Waals surface area contributed by atoms with Gasteiger partial charge in [-0.05, 0) is 37.2 Å². The third-order valence-electron chi connectivity index (χ3n) is 5.34. The second-order valence-electron chi connectivity index (χ2n) is 7.89. The molecular weight excluding hydrogens is 461 g/mol. The van der Waals surface area contributed by atoms with Gasteiger partial charge in [-0.25, -0.2) is 0 Å². The number of fused-ring (bicyclic) bond motifs is 1. The molecule has 7 heteroatoms. The fraction of sp³-hybridized carbons (Fsp3) is 0.542. The maximum atomic E-state index is 12.7.